The number of carbonyl (C=O) groups is 2. The largest absolute Gasteiger partial charge is 0.381 e. The molecule has 2 aliphatic rings. The van der Waals surface area contributed by atoms with Gasteiger partial charge in [-0.15, -0.1) is 0 Å². The molecule has 0 atom stereocenters. The number of amides is 1. The average Bonchev–Trinajstić information content (AvgIpc) is 2.72. The van der Waals surface area contributed by atoms with Crippen molar-refractivity contribution in [2.45, 2.75) is 91.0 Å². The lowest BCUT2D eigenvalue weighted by Gasteiger charge is -2.29. The molecule has 2 saturated carbocycles. The fraction of sp³-hybridized carbons (Fsp3) is 0.917. The van der Waals surface area contributed by atoms with E-state index in [2.05, 4.69) is 12.2 Å². The summed E-state index contributed by atoms with van der Waals surface area (Å²) < 4.78 is 11.4. The van der Waals surface area contributed by atoms with Crippen LogP contribution in [0, 0.1) is 23.7 Å². The summed E-state index contributed by atoms with van der Waals surface area (Å²) in [6.07, 6.45) is 9.98. The summed E-state index contributed by atoms with van der Waals surface area (Å²) in [7, 11) is 0. The van der Waals surface area contributed by atoms with Gasteiger partial charge >= 0.3 is 0 Å². The molecule has 0 aromatic heterocycles. The second-order valence-electron chi connectivity index (χ2n) is 9.40. The lowest BCUT2D eigenvalue weighted by Crippen LogP contribution is -2.39. The summed E-state index contributed by atoms with van der Waals surface area (Å²) in [5, 5.41) is 3.15. The van der Waals surface area contributed by atoms with E-state index in [4.69, 9.17) is 9.47 Å². The molecule has 0 aromatic rings. The van der Waals surface area contributed by atoms with Crippen molar-refractivity contribution in [3.05, 3.63) is 0 Å². The molecule has 0 radical (unpaired) electrons. The van der Waals surface area contributed by atoms with Gasteiger partial charge in [-0.05, 0) is 76.5 Å². The van der Waals surface area contributed by atoms with Gasteiger partial charge in [0.05, 0.1) is 0 Å². The third-order valence-corrected chi connectivity index (χ3v) is 6.63. The van der Waals surface area contributed by atoms with Gasteiger partial charge in [-0.1, -0.05) is 13.8 Å². The summed E-state index contributed by atoms with van der Waals surface area (Å²) in [6.45, 7) is 9.24. The van der Waals surface area contributed by atoms with E-state index in [1.54, 1.807) is 0 Å². The second-order valence-corrected chi connectivity index (χ2v) is 9.40. The molecular weight excluding hydrogens is 366 g/mol. The monoisotopic (exact) mass is 411 g/mol. The summed E-state index contributed by atoms with van der Waals surface area (Å²) in [5.41, 5.74) is 0. The van der Waals surface area contributed by atoms with Crippen LogP contribution >= 0.6 is 0 Å². The molecule has 2 aliphatic carbocycles. The number of rotatable bonds is 12. The van der Waals surface area contributed by atoms with Gasteiger partial charge in [0, 0.05) is 52.2 Å². The molecule has 1 N–H and O–H groups in total. The van der Waals surface area contributed by atoms with Crippen LogP contribution in [0.1, 0.15) is 86.4 Å². The van der Waals surface area contributed by atoms with Crippen LogP contribution in [0.25, 0.3) is 0 Å². The molecular formula is C24H45NO4. The predicted molar refractivity (Wildman–Crippen MR) is 118 cm³/mol. The Morgan fingerprint density at radius 2 is 1.52 bits per heavy atom. The zero-order valence-electron chi connectivity index (χ0n) is 18.9. The smallest absolute Gasteiger partial charge is 0.220 e. The normalized spacial score (nSPS) is 27.7. The predicted octanol–water partition coefficient (Wildman–Crippen LogP) is 4.77. The molecule has 0 spiro atoms. The Labute approximate surface area is 179 Å². The highest BCUT2D eigenvalue weighted by molar-refractivity contribution is 5.83. The fourth-order valence-electron chi connectivity index (χ4n) is 4.73. The first-order valence-electron chi connectivity index (χ1n) is 12.0. The number of ether oxygens (including phenoxy) is 2. The van der Waals surface area contributed by atoms with E-state index in [0.29, 0.717) is 24.7 Å². The number of hydrogen-bond acceptors (Lipinski definition) is 4. The van der Waals surface area contributed by atoms with Crippen LogP contribution in [0.4, 0.5) is 0 Å². The summed E-state index contributed by atoms with van der Waals surface area (Å²) >= 11 is 0. The fourth-order valence-corrected chi connectivity index (χ4v) is 4.73. The standard InChI is InChI=1S/C24H43NO4.H2/c1-4-28-16-19-7-9-20(10-8-19)17-29-15-5-6-23(26)25-22-13-11-21(12-14-22)24(27)18(2)3;/h18-22H,4-17H2,1-3H3,(H,25,26);1H. The number of hydrogen-bond donors (Lipinski definition) is 1. The summed E-state index contributed by atoms with van der Waals surface area (Å²) in [5.74, 6) is 2.24. The minimum absolute atomic E-state index is 0. The van der Waals surface area contributed by atoms with Crippen LogP contribution in [0.5, 0.6) is 0 Å². The Bertz CT molecular complexity index is 484. The number of ketones is 1. The van der Waals surface area contributed by atoms with Crippen molar-refractivity contribution in [2.75, 3.05) is 26.4 Å². The van der Waals surface area contributed by atoms with Crippen molar-refractivity contribution in [1.29, 1.82) is 0 Å². The lowest BCUT2D eigenvalue weighted by molar-refractivity contribution is -0.127. The van der Waals surface area contributed by atoms with Crippen LogP contribution < -0.4 is 5.32 Å². The molecule has 2 fully saturated rings. The zero-order valence-corrected chi connectivity index (χ0v) is 18.9. The van der Waals surface area contributed by atoms with Crippen molar-refractivity contribution in [2.24, 2.45) is 23.7 Å². The molecule has 1 amide bonds. The highest BCUT2D eigenvalue weighted by atomic mass is 16.5. The van der Waals surface area contributed by atoms with Gasteiger partial charge in [-0.3, -0.25) is 9.59 Å². The minimum atomic E-state index is 0. The topological polar surface area (TPSA) is 64.6 Å². The summed E-state index contributed by atoms with van der Waals surface area (Å²) in [6, 6.07) is 0.242. The summed E-state index contributed by atoms with van der Waals surface area (Å²) in [4.78, 5) is 24.3. The maximum Gasteiger partial charge on any atom is 0.220 e. The molecule has 0 saturated heterocycles. The molecule has 170 valence electrons. The van der Waals surface area contributed by atoms with Crippen LogP contribution in [-0.4, -0.2) is 44.2 Å². The van der Waals surface area contributed by atoms with Crippen molar-refractivity contribution in [3.63, 3.8) is 0 Å². The van der Waals surface area contributed by atoms with Crippen molar-refractivity contribution < 1.29 is 20.5 Å². The van der Waals surface area contributed by atoms with Crippen molar-refractivity contribution in [1.82, 2.24) is 5.32 Å². The van der Waals surface area contributed by atoms with E-state index in [-0.39, 0.29) is 25.2 Å². The molecule has 0 aliphatic heterocycles. The highest BCUT2D eigenvalue weighted by Crippen LogP contribution is 2.29. The third-order valence-electron chi connectivity index (χ3n) is 6.63. The first-order valence-corrected chi connectivity index (χ1v) is 12.0. The van der Waals surface area contributed by atoms with E-state index in [1.165, 1.54) is 25.7 Å². The highest BCUT2D eigenvalue weighted by Gasteiger charge is 2.28. The van der Waals surface area contributed by atoms with Gasteiger partial charge < -0.3 is 14.8 Å². The van der Waals surface area contributed by atoms with Gasteiger partial charge in [0.15, 0.2) is 0 Å². The Balaban J connectivity index is 0.00000450. The Hall–Kier alpha value is -0.940. The molecule has 2 rings (SSSR count). The Kier molecular flexibility index (Phi) is 11.2. The van der Waals surface area contributed by atoms with E-state index in [0.717, 1.165) is 57.8 Å². The van der Waals surface area contributed by atoms with E-state index in [9.17, 15) is 9.59 Å². The SMILES string of the molecule is CCOCC1CCC(COCCCC(=O)NC2CCC(C(=O)C(C)C)CC2)CC1.[HH]. The molecule has 0 aromatic carbocycles. The van der Waals surface area contributed by atoms with E-state index < -0.39 is 0 Å². The van der Waals surface area contributed by atoms with Gasteiger partial charge in [-0.25, -0.2) is 0 Å². The Morgan fingerprint density at radius 1 is 0.931 bits per heavy atom. The van der Waals surface area contributed by atoms with Gasteiger partial charge in [-0.2, -0.15) is 0 Å². The molecule has 0 heterocycles. The molecule has 29 heavy (non-hydrogen) atoms. The number of carbonyl (C=O) groups excluding carboxylic acids is 2. The quantitative estimate of drug-likeness (QED) is 0.470. The van der Waals surface area contributed by atoms with Crippen molar-refractivity contribution in [3.8, 4) is 0 Å². The number of Topliss-reactive ketones (excluding diaryl/α,β-unsaturated/α-hetero) is 1. The zero-order chi connectivity index (χ0) is 21.1. The third kappa shape index (κ3) is 9.17. The molecule has 0 unspecified atom stereocenters. The molecule has 5 nitrogen and oxygen atoms in total. The maximum atomic E-state index is 12.2. The second kappa shape index (κ2) is 13.4. The van der Waals surface area contributed by atoms with Gasteiger partial charge in [0.2, 0.25) is 5.91 Å². The first kappa shape index (κ1) is 24.3. The number of nitrogens with one attached hydrogen (secondary N) is 1. The maximum absolute atomic E-state index is 12.2. The van der Waals surface area contributed by atoms with Gasteiger partial charge in [0.1, 0.15) is 5.78 Å². The average molecular weight is 412 g/mol. The Morgan fingerprint density at radius 3 is 2.07 bits per heavy atom. The van der Waals surface area contributed by atoms with Crippen LogP contribution in [0.2, 0.25) is 0 Å². The molecule has 0 bridgehead atoms. The van der Waals surface area contributed by atoms with Crippen LogP contribution in [-0.2, 0) is 19.1 Å². The molecule has 5 heteroatoms. The van der Waals surface area contributed by atoms with Gasteiger partial charge in [0.25, 0.3) is 0 Å². The van der Waals surface area contributed by atoms with Crippen LogP contribution in [0.15, 0.2) is 0 Å². The van der Waals surface area contributed by atoms with E-state index in [1.807, 2.05) is 13.8 Å². The van der Waals surface area contributed by atoms with Crippen molar-refractivity contribution >= 4 is 11.7 Å². The minimum Gasteiger partial charge on any atom is -0.381 e. The first-order chi connectivity index (χ1) is 14.0. The van der Waals surface area contributed by atoms with Crippen LogP contribution in [0.3, 0.4) is 0 Å². The lowest BCUT2D eigenvalue weighted by atomic mass is 9.80. The van der Waals surface area contributed by atoms with E-state index >= 15 is 0 Å².